The number of carbonyl (C=O) groups is 1. The molecule has 6 nitrogen and oxygen atoms in total. The smallest absolute Gasteiger partial charge is 0.252 e. The summed E-state index contributed by atoms with van der Waals surface area (Å²) in [6, 6.07) is 23.5. The molecule has 0 aliphatic rings. The molecule has 4 aromatic rings. The maximum Gasteiger partial charge on any atom is 0.252 e. The first kappa shape index (κ1) is 31.9. The van der Waals surface area contributed by atoms with Crippen LogP contribution in [0.4, 0.5) is 0 Å². The van der Waals surface area contributed by atoms with Crippen molar-refractivity contribution in [1.29, 1.82) is 0 Å². The van der Waals surface area contributed by atoms with E-state index in [1.165, 1.54) is 0 Å². The van der Waals surface area contributed by atoms with Crippen LogP contribution in [0, 0.1) is 0 Å². The fourth-order valence-electron chi connectivity index (χ4n) is 4.67. The Hall–Kier alpha value is -4.06. The van der Waals surface area contributed by atoms with Crippen molar-refractivity contribution in [2.24, 2.45) is 0 Å². The Morgan fingerprint density at radius 3 is 2.19 bits per heavy atom. The van der Waals surface area contributed by atoms with Crippen molar-refractivity contribution in [3.63, 3.8) is 0 Å². The van der Waals surface area contributed by atoms with Gasteiger partial charge in [0, 0.05) is 23.6 Å². The third kappa shape index (κ3) is 8.50. The number of para-hydroxylation sites is 1. The quantitative estimate of drug-likeness (QED) is 0.151. The van der Waals surface area contributed by atoms with Crippen molar-refractivity contribution < 1.29 is 19.0 Å². The molecule has 0 spiro atoms. The van der Waals surface area contributed by atoms with Gasteiger partial charge in [0.15, 0.2) is 0 Å². The Kier molecular flexibility index (Phi) is 10.3. The second-order valence-electron chi connectivity index (χ2n) is 12.2. The standard InChI is InChI=1S/C37H46N2O4/c1-8-36(3,4)42-29-22-19-27(34(24-29)43-37(5,6)9-2)14-12-13-23-38-35(40)31-25-33(26-17-20-28(41-7)21-18-26)39-32-16-11-10-15-30(31)32/h10-11,15-22,24-25H,8-9,12-14,23H2,1-7H3,(H,38,40). The second-order valence-corrected chi connectivity index (χ2v) is 12.2. The van der Waals surface area contributed by atoms with E-state index in [1.54, 1.807) is 7.11 Å². The summed E-state index contributed by atoms with van der Waals surface area (Å²) in [7, 11) is 1.64. The first-order valence-corrected chi connectivity index (χ1v) is 15.4. The number of unbranched alkanes of at least 4 members (excludes halogenated alkanes) is 1. The van der Waals surface area contributed by atoms with Crippen LogP contribution in [0.25, 0.3) is 22.2 Å². The molecule has 0 radical (unpaired) electrons. The van der Waals surface area contributed by atoms with Crippen molar-refractivity contribution >= 4 is 16.8 Å². The highest BCUT2D eigenvalue weighted by Crippen LogP contribution is 2.33. The van der Waals surface area contributed by atoms with Gasteiger partial charge in [0.05, 0.1) is 23.9 Å². The van der Waals surface area contributed by atoms with Crippen LogP contribution in [0.5, 0.6) is 17.2 Å². The number of nitrogens with one attached hydrogen (secondary N) is 1. The summed E-state index contributed by atoms with van der Waals surface area (Å²) in [5.74, 6) is 2.38. The van der Waals surface area contributed by atoms with Crippen LogP contribution < -0.4 is 19.5 Å². The summed E-state index contributed by atoms with van der Waals surface area (Å²) in [6.07, 6.45) is 4.42. The van der Waals surface area contributed by atoms with Crippen molar-refractivity contribution in [1.82, 2.24) is 10.3 Å². The molecule has 4 rings (SSSR count). The van der Waals surface area contributed by atoms with Crippen molar-refractivity contribution in [3.05, 3.63) is 83.9 Å². The largest absolute Gasteiger partial charge is 0.497 e. The number of amides is 1. The fraction of sp³-hybridized carbons (Fsp3) is 0.405. The third-order valence-corrected chi connectivity index (χ3v) is 8.03. The van der Waals surface area contributed by atoms with Crippen LogP contribution in [0.2, 0.25) is 0 Å². The van der Waals surface area contributed by atoms with Gasteiger partial charge in [-0.15, -0.1) is 0 Å². The zero-order valence-corrected chi connectivity index (χ0v) is 26.8. The van der Waals surface area contributed by atoms with Gasteiger partial charge in [-0.2, -0.15) is 0 Å². The van der Waals surface area contributed by atoms with Gasteiger partial charge in [-0.3, -0.25) is 4.79 Å². The maximum atomic E-state index is 13.4. The molecule has 0 fully saturated rings. The Balaban J connectivity index is 1.42. The summed E-state index contributed by atoms with van der Waals surface area (Å²) in [6.45, 7) is 13.3. The summed E-state index contributed by atoms with van der Waals surface area (Å²) in [5, 5.41) is 3.98. The molecule has 1 N–H and O–H groups in total. The number of hydrogen-bond donors (Lipinski definition) is 1. The number of aromatic nitrogens is 1. The molecule has 0 aliphatic heterocycles. The zero-order valence-electron chi connectivity index (χ0n) is 26.8. The molecule has 6 heteroatoms. The van der Waals surface area contributed by atoms with Crippen LogP contribution in [0.3, 0.4) is 0 Å². The van der Waals surface area contributed by atoms with Crippen LogP contribution >= 0.6 is 0 Å². The van der Waals surface area contributed by atoms with E-state index < -0.39 is 0 Å². The average Bonchev–Trinajstić information content (AvgIpc) is 3.00. The Morgan fingerprint density at radius 2 is 1.49 bits per heavy atom. The normalized spacial score (nSPS) is 11.8. The van der Waals surface area contributed by atoms with Gasteiger partial charge >= 0.3 is 0 Å². The molecule has 43 heavy (non-hydrogen) atoms. The molecule has 1 amide bonds. The number of carbonyl (C=O) groups excluding carboxylic acids is 1. The van der Waals surface area contributed by atoms with Gasteiger partial charge < -0.3 is 19.5 Å². The Bertz CT molecular complexity index is 1530. The number of aryl methyl sites for hydroxylation is 1. The SMILES string of the molecule is CCC(C)(C)Oc1ccc(CCCCNC(=O)c2cc(-c3ccc(OC)cc3)nc3ccccc23)c(OC(C)(C)CC)c1. The van der Waals surface area contributed by atoms with Crippen LogP contribution in [0.1, 0.15) is 83.1 Å². The highest BCUT2D eigenvalue weighted by molar-refractivity contribution is 6.07. The fourth-order valence-corrected chi connectivity index (χ4v) is 4.67. The summed E-state index contributed by atoms with van der Waals surface area (Å²) in [4.78, 5) is 18.2. The topological polar surface area (TPSA) is 69.7 Å². The summed E-state index contributed by atoms with van der Waals surface area (Å²) >= 11 is 0. The predicted molar refractivity (Wildman–Crippen MR) is 175 cm³/mol. The first-order chi connectivity index (χ1) is 20.5. The number of benzene rings is 3. The van der Waals surface area contributed by atoms with Crippen LogP contribution in [-0.2, 0) is 6.42 Å². The highest BCUT2D eigenvalue weighted by atomic mass is 16.5. The molecular weight excluding hydrogens is 536 g/mol. The molecule has 0 unspecified atom stereocenters. The summed E-state index contributed by atoms with van der Waals surface area (Å²) in [5.41, 5.74) is 3.73. The molecule has 0 saturated carbocycles. The van der Waals surface area contributed by atoms with Crippen molar-refractivity contribution in [2.75, 3.05) is 13.7 Å². The van der Waals surface area contributed by atoms with E-state index in [4.69, 9.17) is 19.2 Å². The molecule has 228 valence electrons. The molecule has 0 atom stereocenters. The minimum Gasteiger partial charge on any atom is -0.497 e. The minimum atomic E-state index is -0.278. The van der Waals surface area contributed by atoms with Gasteiger partial charge in [0.1, 0.15) is 28.5 Å². The molecule has 0 bridgehead atoms. The number of methoxy groups -OCH3 is 1. The van der Waals surface area contributed by atoms with Gasteiger partial charge in [-0.1, -0.05) is 38.1 Å². The van der Waals surface area contributed by atoms with E-state index in [9.17, 15) is 4.79 Å². The molecule has 3 aromatic carbocycles. The van der Waals surface area contributed by atoms with E-state index in [1.807, 2.05) is 66.7 Å². The van der Waals surface area contributed by atoms with E-state index in [2.05, 4.69) is 52.9 Å². The lowest BCUT2D eigenvalue weighted by molar-refractivity contribution is 0.0942. The second kappa shape index (κ2) is 13.9. The molecule has 1 aromatic heterocycles. The van der Waals surface area contributed by atoms with Gasteiger partial charge in [0.25, 0.3) is 5.91 Å². The molecular formula is C37H46N2O4. The highest BCUT2D eigenvalue weighted by Gasteiger charge is 2.22. The van der Waals surface area contributed by atoms with Crippen molar-refractivity contribution in [2.45, 2.75) is 84.8 Å². The molecule has 1 heterocycles. The number of rotatable bonds is 14. The van der Waals surface area contributed by atoms with Gasteiger partial charge in [0.2, 0.25) is 0 Å². The third-order valence-electron chi connectivity index (χ3n) is 8.03. The van der Waals surface area contributed by atoms with Gasteiger partial charge in [-0.25, -0.2) is 4.98 Å². The number of hydrogen-bond acceptors (Lipinski definition) is 5. The average molecular weight is 583 g/mol. The van der Waals surface area contributed by atoms with E-state index in [0.29, 0.717) is 12.1 Å². The van der Waals surface area contributed by atoms with E-state index in [0.717, 1.165) is 77.1 Å². The number of pyridine rings is 1. The first-order valence-electron chi connectivity index (χ1n) is 15.4. The van der Waals surface area contributed by atoms with Crippen LogP contribution in [-0.4, -0.2) is 35.7 Å². The summed E-state index contributed by atoms with van der Waals surface area (Å²) < 4.78 is 18.0. The lowest BCUT2D eigenvalue weighted by Gasteiger charge is -2.29. The van der Waals surface area contributed by atoms with Crippen molar-refractivity contribution in [3.8, 4) is 28.5 Å². The maximum absolute atomic E-state index is 13.4. The molecule has 0 saturated heterocycles. The monoisotopic (exact) mass is 582 g/mol. The Labute approximate surface area is 256 Å². The predicted octanol–water partition coefficient (Wildman–Crippen LogP) is 8.80. The van der Waals surface area contributed by atoms with E-state index in [-0.39, 0.29) is 17.1 Å². The minimum absolute atomic E-state index is 0.0953. The zero-order chi connectivity index (χ0) is 31.0. The molecule has 0 aliphatic carbocycles. The van der Waals surface area contributed by atoms with Gasteiger partial charge in [-0.05, 0) is 108 Å². The number of ether oxygens (including phenoxy) is 3. The van der Waals surface area contributed by atoms with Crippen LogP contribution in [0.15, 0.2) is 72.8 Å². The lowest BCUT2D eigenvalue weighted by atomic mass is 10.0. The van der Waals surface area contributed by atoms with E-state index >= 15 is 0 Å². The Morgan fingerprint density at radius 1 is 0.814 bits per heavy atom. The lowest BCUT2D eigenvalue weighted by Crippen LogP contribution is -2.28. The number of fused-ring (bicyclic) bond motifs is 1. The number of nitrogens with zero attached hydrogens (tertiary/aromatic N) is 1.